The standard InChI is InChI=1S/C14H25NO2/c16-13(17)11-14(9-5-2-6-10-14)15-12-7-3-1-4-8-12/h12,15H,1-11H2,(H,16,17). The van der Waals surface area contributed by atoms with E-state index in [1.165, 1.54) is 51.4 Å². The zero-order chi connectivity index (χ0) is 12.1. The number of aliphatic carboxylic acids is 1. The minimum atomic E-state index is -0.643. The summed E-state index contributed by atoms with van der Waals surface area (Å²) in [7, 11) is 0. The number of carboxylic acid groups (broad SMARTS) is 1. The lowest BCUT2D eigenvalue weighted by Crippen LogP contribution is -2.53. The number of hydrogen-bond donors (Lipinski definition) is 2. The first kappa shape index (κ1) is 12.9. The predicted octanol–water partition coefficient (Wildman–Crippen LogP) is 3.09. The molecule has 98 valence electrons. The Bertz CT molecular complexity index is 253. The lowest BCUT2D eigenvalue weighted by molar-refractivity contribution is -0.139. The van der Waals surface area contributed by atoms with Gasteiger partial charge < -0.3 is 10.4 Å². The van der Waals surface area contributed by atoms with Crippen LogP contribution in [0, 0.1) is 0 Å². The first-order chi connectivity index (χ1) is 8.20. The molecule has 0 spiro atoms. The molecular weight excluding hydrogens is 214 g/mol. The molecule has 0 bridgehead atoms. The van der Waals surface area contributed by atoms with Gasteiger partial charge in [-0.3, -0.25) is 4.79 Å². The van der Waals surface area contributed by atoms with Crippen LogP contribution in [-0.2, 0) is 4.79 Å². The van der Waals surface area contributed by atoms with E-state index in [4.69, 9.17) is 5.11 Å². The van der Waals surface area contributed by atoms with Crippen LogP contribution in [0.2, 0.25) is 0 Å². The Morgan fingerprint density at radius 3 is 2.24 bits per heavy atom. The van der Waals surface area contributed by atoms with Crippen LogP contribution >= 0.6 is 0 Å². The van der Waals surface area contributed by atoms with Gasteiger partial charge in [-0.05, 0) is 25.7 Å². The maximum absolute atomic E-state index is 11.1. The number of carboxylic acids is 1. The van der Waals surface area contributed by atoms with Gasteiger partial charge in [0, 0.05) is 11.6 Å². The fourth-order valence-electron chi connectivity index (χ4n) is 3.57. The van der Waals surface area contributed by atoms with E-state index in [0.29, 0.717) is 12.5 Å². The third-order valence-corrected chi connectivity index (χ3v) is 4.42. The summed E-state index contributed by atoms with van der Waals surface area (Å²) in [5, 5.41) is 12.8. The zero-order valence-electron chi connectivity index (χ0n) is 10.7. The molecule has 0 unspecified atom stereocenters. The number of rotatable bonds is 4. The normalized spacial score (nSPS) is 25.6. The van der Waals surface area contributed by atoms with Crippen molar-refractivity contribution in [3.05, 3.63) is 0 Å². The molecule has 2 rings (SSSR count). The van der Waals surface area contributed by atoms with Gasteiger partial charge in [-0.25, -0.2) is 0 Å². The summed E-state index contributed by atoms with van der Waals surface area (Å²) < 4.78 is 0. The second kappa shape index (κ2) is 5.85. The van der Waals surface area contributed by atoms with Crippen LogP contribution in [0.1, 0.15) is 70.6 Å². The van der Waals surface area contributed by atoms with Crippen molar-refractivity contribution in [1.82, 2.24) is 5.32 Å². The molecule has 0 heterocycles. The zero-order valence-corrected chi connectivity index (χ0v) is 10.7. The summed E-state index contributed by atoms with van der Waals surface area (Å²) in [4.78, 5) is 11.1. The van der Waals surface area contributed by atoms with E-state index in [2.05, 4.69) is 5.32 Å². The van der Waals surface area contributed by atoms with E-state index in [1.54, 1.807) is 0 Å². The Morgan fingerprint density at radius 1 is 1.06 bits per heavy atom. The van der Waals surface area contributed by atoms with Crippen molar-refractivity contribution in [2.75, 3.05) is 0 Å². The second-order valence-corrected chi connectivity index (χ2v) is 5.89. The molecule has 2 aliphatic carbocycles. The van der Waals surface area contributed by atoms with Gasteiger partial charge >= 0.3 is 5.97 Å². The van der Waals surface area contributed by atoms with Crippen molar-refractivity contribution in [1.29, 1.82) is 0 Å². The molecule has 0 amide bonds. The van der Waals surface area contributed by atoms with Crippen LogP contribution in [0.15, 0.2) is 0 Å². The maximum atomic E-state index is 11.1. The lowest BCUT2D eigenvalue weighted by Gasteiger charge is -2.41. The molecule has 0 radical (unpaired) electrons. The summed E-state index contributed by atoms with van der Waals surface area (Å²) in [6.45, 7) is 0. The summed E-state index contributed by atoms with van der Waals surface area (Å²) in [6.07, 6.45) is 12.5. The highest BCUT2D eigenvalue weighted by Gasteiger charge is 2.36. The van der Waals surface area contributed by atoms with E-state index in [1.807, 2.05) is 0 Å². The highest BCUT2D eigenvalue weighted by Crippen LogP contribution is 2.33. The minimum absolute atomic E-state index is 0.0912. The van der Waals surface area contributed by atoms with E-state index in [-0.39, 0.29) is 5.54 Å². The smallest absolute Gasteiger partial charge is 0.305 e. The Labute approximate surface area is 104 Å². The monoisotopic (exact) mass is 239 g/mol. The molecule has 0 aliphatic heterocycles. The van der Waals surface area contributed by atoms with Crippen molar-refractivity contribution in [2.24, 2.45) is 0 Å². The SMILES string of the molecule is O=C(O)CC1(NC2CCCCC2)CCCCC1. The number of carbonyl (C=O) groups is 1. The van der Waals surface area contributed by atoms with Gasteiger partial charge in [0.25, 0.3) is 0 Å². The van der Waals surface area contributed by atoms with Crippen LogP contribution < -0.4 is 5.32 Å². The fraction of sp³-hybridized carbons (Fsp3) is 0.929. The molecule has 3 nitrogen and oxygen atoms in total. The molecule has 0 atom stereocenters. The first-order valence-corrected chi connectivity index (χ1v) is 7.20. The lowest BCUT2D eigenvalue weighted by atomic mass is 9.78. The Kier molecular flexibility index (Phi) is 4.43. The highest BCUT2D eigenvalue weighted by atomic mass is 16.4. The largest absolute Gasteiger partial charge is 0.481 e. The molecule has 0 aromatic rings. The maximum Gasteiger partial charge on any atom is 0.305 e. The highest BCUT2D eigenvalue weighted by molar-refractivity contribution is 5.68. The summed E-state index contributed by atoms with van der Waals surface area (Å²) in [6, 6.07) is 0.571. The molecule has 0 aromatic carbocycles. The van der Waals surface area contributed by atoms with Gasteiger partial charge in [-0.1, -0.05) is 38.5 Å². The van der Waals surface area contributed by atoms with Crippen LogP contribution in [0.3, 0.4) is 0 Å². The van der Waals surface area contributed by atoms with Crippen molar-refractivity contribution in [2.45, 2.75) is 82.2 Å². The van der Waals surface area contributed by atoms with Crippen molar-refractivity contribution in [3.63, 3.8) is 0 Å². The third kappa shape index (κ3) is 3.70. The molecule has 2 saturated carbocycles. The first-order valence-electron chi connectivity index (χ1n) is 7.20. The van der Waals surface area contributed by atoms with Gasteiger partial charge in [0.05, 0.1) is 6.42 Å². The summed E-state index contributed by atoms with van der Waals surface area (Å²) in [5.74, 6) is -0.643. The van der Waals surface area contributed by atoms with Gasteiger partial charge in [0.15, 0.2) is 0 Å². The molecule has 0 aromatic heterocycles. The van der Waals surface area contributed by atoms with Crippen molar-refractivity contribution < 1.29 is 9.90 Å². The molecule has 3 heteroatoms. The van der Waals surface area contributed by atoms with E-state index < -0.39 is 5.97 Å². The fourth-order valence-corrected chi connectivity index (χ4v) is 3.57. The topological polar surface area (TPSA) is 49.3 Å². The average molecular weight is 239 g/mol. The van der Waals surface area contributed by atoms with Crippen molar-refractivity contribution >= 4 is 5.97 Å². The number of nitrogens with one attached hydrogen (secondary N) is 1. The quantitative estimate of drug-likeness (QED) is 0.792. The second-order valence-electron chi connectivity index (χ2n) is 5.89. The molecule has 17 heavy (non-hydrogen) atoms. The molecule has 2 N–H and O–H groups in total. The predicted molar refractivity (Wildman–Crippen MR) is 68.1 cm³/mol. The third-order valence-electron chi connectivity index (χ3n) is 4.42. The molecular formula is C14H25NO2. The Morgan fingerprint density at radius 2 is 1.65 bits per heavy atom. The van der Waals surface area contributed by atoms with E-state index in [9.17, 15) is 4.79 Å². The van der Waals surface area contributed by atoms with E-state index in [0.717, 1.165) is 12.8 Å². The Hall–Kier alpha value is -0.570. The minimum Gasteiger partial charge on any atom is -0.481 e. The van der Waals surface area contributed by atoms with Crippen LogP contribution in [0.5, 0.6) is 0 Å². The molecule has 2 aliphatic rings. The van der Waals surface area contributed by atoms with Gasteiger partial charge in [-0.2, -0.15) is 0 Å². The molecule has 2 fully saturated rings. The summed E-state index contributed by atoms with van der Waals surface area (Å²) >= 11 is 0. The van der Waals surface area contributed by atoms with Gasteiger partial charge in [0.1, 0.15) is 0 Å². The summed E-state index contributed by atoms with van der Waals surface area (Å²) in [5.41, 5.74) is -0.0912. The van der Waals surface area contributed by atoms with Crippen LogP contribution in [-0.4, -0.2) is 22.7 Å². The number of hydrogen-bond acceptors (Lipinski definition) is 2. The molecule has 0 saturated heterocycles. The van der Waals surface area contributed by atoms with Crippen LogP contribution in [0.4, 0.5) is 0 Å². The average Bonchev–Trinajstić information content (AvgIpc) is 2.30. The van der Waals surface area contributed by atoms with Crippen LogP contribution in [0.25, 0.3) is 0 Å². The van der Waals surface area contributed by atoms with Gasteiger partial charge in [0.2, 0.25) is 0 Å². The van der Waals surface area contributed by atoms with Crippen molar-refractivity contribution in [3.8, 4) is 0 Å². The Balaban J connectivity index is 1.95. The van der Waals surface area contributed by atoms with Gasteiger partial charge in [-0.15, -0.1) is 0 Å². The van der Waals surface area contributed by atoms with E-state index >= 15 is 0 Å².